The van der Waals surface area contributed by atoms with Crippen LogP contribution in [0.4, 0.5) is 5.69 Å². The van der Waals surface area contributed by atoms with Crippen LogP contribution < -0.4 is 10.7 Å². The van der Waals surface area contributed by atoms with Crippen molar-refractivity contribution in [1.82, 2.24) is 5.43 Å². The minimum absolute atomic E-state index is 0.189. The summed E-state index contributed by atoms with van der Waals surface area (Å²) in [6.07, 6.45) is 1.53. The average molecular weight is 333 g/mol. The van der Waals surface area contributed by atoms with Crippen LogP contribution in [-0.4, -0.2) is 23.3 Å². The highest BCUT2D eigenvalue weighted by Gasteiger charge is 2.12. The summed E-state index contributed by atoms with van der Waals surface area (Å²) in [5.41, 5.74) is 4.21. The van der Waals surface area contributed by atoms with Gasteiger partial charge in [0, 0.05) is 11.1 Å². The highest BCUT2D eigenvalue weighted by atomic mass is 16.3. The van der Waals surface area contributed by atoms with Crippen molar-refractivity contribution in [1.29, 1.82) is 0 Å². The van der Waals surface area contributed by atoms with E-state index >= 15 is 0 Å². The van der Waals surface area contributed by atoms with Crippen LogP contribution in [0.15, 0.2) is 71.8 Å². The number of benzene rings is 3. The summed E-state index contributed by atoms with van der Waals surface area (Å²) in [5.74, 6) is -0.0444. The minimum atomic E-state index is -0.442. The largest absolute Gasteiger partial charge is 0.508 e. The third-order valence-electron chi connectivity index (χ3n) is 3.84. The number of phenolic OH excluding ortho intramolecular Hbond substituents is 1. The van der Waals surface area contributed by atoms with E-state index in [4.69, 9.17) is 0 Å². The van der Waals surface area contributed by atoms with Gasteiger partial charge in [0.05, 0.1) is 6.21 Å². The number of rotatable bonds is 5. The van der Waals surface area contributed by atoms with E-state index in [2.05, 4.69) is 15.8 Å². The Morgan fingerprint density at radius 2 is 1.76 bits per heavy atom. The average Bonchev–Trinajstić information content (AvgIpc) is 2.63. The van der Waals surface area contributed by atoms with Crippen molar-refractivity contribution in [2.24, 2.45) is 5.10 Å². The predicted molar refractivity (Wildman–Crippen MR) is 101 cm³/mol. The van der Waals surface area contributed by atoms with Gasteiger partial charge in [-0.3, -0.25) is 4.79 Å². The van der Waals surface area contributed by atoms with Crippen LogP contribution in [0.25, 0.3) is 10.8 Å². The van der Waals surface area contributed by atoms with Crippen molar-refractivity contribution >= 4 is 28.6 Å². The van der Waals surface area contributed by atoms with E-state index in [1.54, 1.807) is 31.2 Å². The summed E-state index contributed by atoms with van der Waals surface area (Å²) >= 11 is 0. The third-order valence-corrected chi connectivity index (χ3v) is 3.84. The van der Waals surface area contributed by atoms with Crippen LogP contribution in [0, 0.1) is 0 Å². The second kappa shape index (κ2) is 7.49. The topological polar surface area (TPSA) is 73.7 Å². The van der Waals surface area contributed by atoms with E-state index in [0.717, 1.165) is 22.0 Å². The Hall–Kier alpha value is -3.34. The lowest BCUT2D eigenvalue weighted by atomic mass is 10.1. The quantitative estimate of drug-likeness (QED) is 0.494. The molecule has 0 heterocycles. The second-order valence-corrected chi connectivity index (χ2v) is 5.72. The molecule has 0 spiro atoms. The number of nitrogens with one attached hydrogen (secondary N) is 2. The summed E-state index contributed by atoms with van der Waals surface area (Å²) in [6.45, 7) is 1.78. The summed E-state index contributed by atoms with van der Waals surface area (Å²) in [4.78, 5) is 12.2. The van der Waals surface area contributed by atoms with Crippen molar-refractivity contribution in [2.45, 2.75) is 13.0 Å². The molecular formula is C20H19N3O2. The number of nitrogens with zero attached hydrogens (tertiary/aromatic N) is 1. The van der Waals surface area contributed by atoms with Crippen molar-refractivity contribution in [3.63, 3.8) is 0 Å². The first kappa shape index (κ1) is 16.5. The van der Waals surface area contributed by atoms with E-state index in [0.29, 0.717) is 0 Å². The number of carbonyl (C=O) groups excluding carboxylic acids is 1. The van der Waals surface area contributed by atoms with E-state index in [1.165, 1.54) is 6.21 Å². The monoisotopic (exact) mass is 333 g/mol. The molecular weight excluding hydrogens is 314 g/mol. The molecule has 1 amide bonds. The molecule has 0 aliphatic carbocycles. The van der Waals surface area contributed by atoms with Gasteiger partial charge in [0.2, 0.25) is 0 Å². The summed E-state index contributed by atoms with van der Waals surface area (Å²) < 4.78 is 0. The molecule has 0 radical (unpaired) electrons. The number of carbonyl (C=O) groups is 1. The van der Waals surface area contributed by atoms with Gasteiger partial charge in [-0.25, -0.2) is 5.43 Å². The van der Waals surface area contributed by atoms with Crippen molar-refractivity contribution in [2.75, 3.05) is 5.32 Å². The third kappa shape index (κ3) is 4.14. The molecule has 0 saturated carbocycles. The first-order chi connectivity index (χ1) is 12.1. The molecule has 0 fully saturated rings. The Bertz CT molecular complexity index is 899. The SMILES string of the molecule is C[C@@H](Nc1cccc2ccccc12)C(=O)N/N=C\c1ccc(O)cc1. The molecule has 3 N–H and O–H groups in total. The maximum absolute atomic E-state index is 12.2. The lowest BCUT2D eigenvalue weighted by Crippen LogP contribution is -2.34. The van der Waals surface area contributed by atoms with Crippen LogP contribution in [-0.2, 0) is 4.79 Å². The lowest BCUT2D eigenvalue weighted by molar-refractivity contribution is -0.121. The number of aromatic hydroxyl groups is 1. The molecule has 25 heavy (non-hydrogen) atoms. The van der Waals surface area contributed by atoms with Gasteiger partial charge in [-0.15, -0.1) is 0 Å². The van der Waals surface area contributed by atoms with Gasteiger partial charge in [-0.2, -0.15) is 5.10 Å². The lowest BCUT2D eigenvalue weighted by Gasteiger charge is -2.15. The number of fused-ring (bicyclic) bond motifs is 1. The molecule has 0 aliphatic rings. The fourth-order valence-corrected chi connectivity index (χ4v) is 2.48. The van der Waals surface area contributed by atoms with Gasteiger partial charge in [0.25, 0.3) is 5.91 Å². The van der Waals surface area contributed by atoms with E-state index in [9.17, 15) is 9.90 Å². The molecule has 3 aromatic rings. The fourth-order valence-electron chi connectivity index (χ4n) is 2.48. The summed E-state index contributed by atoms with van der Waals surface area (Å²) in [5, 5.41) is 18.6. The van der Waals surface area contributed by atoms with Crippen molar-refractivity contribution in [3.05, 3.63) is 72.3 Å². The van der Waals surface area contributed by atoms with Gasteiger partial charge < -0.3 is 10.4 Å². The van der Waals surface area contributed by atoms with Crippen LogP contribution in [0.2, 0.25) is 0 Å². The number of phenols is 1. The zero-order valence-corrected chi connectivity index (χ0v) is 13.8. The van der Waals surface area contributed by atoms with E-state index < -0.39 is 6.04 Å². The highest BCUT2D eigenvalue weighted by Crippen LogP contribution is 2.23. The molecule has 5 heteroatoms. The maximum Gasteiger partial charge on any atom is 0.262 e. The number of anilines is 1. The molecule has 0 aromatic heterocycles. The van der Waals surface area contributed by atoms with Crippen LogP contribution in [0.1, 0.15) is 12.5 Å². The molecule has 1 atom stereocenters. The molecule has 3 rings (SSSR count). The number of amides is 1. The Labute approximate surface area is 146 Å². The van der Waals surface area contributed by atoms with Crippen molar-refractivity contribution in [3.8, 4) is 5.75 Å². The smallest absolute Gasteiger partial charge is 0.262 e. The number of hydrazone groups is 1. The zero-order chi connectivity index (χ0) is 17.6. The summed E-state index contributed by atoms with van der Waals surface area (Å²) in [6, 6.07) is 20.1. The second-order valence-electron chi connectivity index (χ2n) is 5.72. The molecule has 5 nitrogen and oxygen atoms in total. The molecule has 0 bridgehead atoms. The normalized spacial score (nSPS) is 12.2. The van der Waals surface area contributed by atoms with Gasteiger partial charge in [0.1, 0.15) is 11.8 Å². The van der Waals surface area contributed by atoms with Crippen LogP contribution >= 0.6 is 0 Å². The van der Waals surface area contributed by atoms with E-state index in [1.807, 2.05) is 42.5 Å². The summed E-state index contributed by atoms with van der Waals surface area (Å²) in [7, 11) is 0. The fraction of sp³-hybridized carbons (Fsp3) is 0.100. The standard InChI is InChI=1S/C20H19N3O2/c1-14(20(25)23-21-13-15-9-11-17(24)12-10-15)22-19-8-4-6-16-5-2-3-7-18(16)19/h2-14,22,24H,1H3,(H,23,25)/b21-13-/t14-/m1/s1. The Balaban J connectivity index is 1.63. The first-order valence-corrected chi connectivity index (χ1v) is 8.00. The van der Waals surface area contributed by atoms with E-state index in [-0.39, 0.29) is 11.7 Å². The zero-order valence-electron chi connectivity index (χ0n) is 13.8. The van der Waals surface area contributed by atoms with Gasteiger partial charge in [0.15, 0.2) is 0 Å². The Morgan fingerprint density at radius 3 is 2.56 bits per heavy atom. The number of hydrogen-bond acceptors (Lipinski definition) is 4. The highest BCUT2D eigenvalue weighted by molar-refractivity contribution is 5.96. The molecule has 0 unspecified atom stereocenters. The number of hydrogen-bond donors (Lipinski definition) is 3. The molecule has 0 aliphatic heterocycles. The van der Waals surface area contributed by atoms with Gasteiger partial charge in [-0.1, -0.05) is 36.4 Å². The van der Waals surface area contributed by atoms with Gasteiger partial charge >= 0.3 is 0 Å². The Morgan fingerprint density at radius 1 is 1.04 bits per heavy atom. The Kier molecular flexibility index (Phi) is 4.95. The maximum atomic E-state index is 12.2. The van der Waals surface area contributed by atoms with Crippen LogP contribution in [0.3, 0.4) is 0 Å². The molecule has 126 valence electrons. The first-order valence-electron chi connectivity index (χ1n) is 8.00. The minimum Gasteiger partial charge on any atom is -0.508 e. The molecule has 3 aromatic carbocycles. The predicted octanol–water partition coefficient (Wildman–Crippen LogP) is 3.50. The van der Waals surface area contributed by atoms with Crippen molar-refractivity contribution < 1.29 is 9.90 Å². The van der Waals surface area contributed by atoms with Gasteiger partial charge in [-0.05, 0) is 48.2 Å². The van der Waals surface area contributed by atoms with Crippen LogP contribution in [0.5, 0.6) is 5.75 Å². The molecule has 0 saturated heterocycles.